The highest BCUT2D eigenvalue weighted by Crippen LogP contribution is 2.32. The lowest BCUT2D eigenvalue weighted by atomic mass is 9.81. The van der Waals surface area contributed by atoms with Crippen LogP contribution in [0.1, 0.15) is 39.0 Å². The Morgan fingerprint density at radius 1 is 1.31 bits per heavy atom. The first kappa shape index (κ1) is 20.5. The number of nitriles is 1. The van der Waals surface area contributed by atoms with Crippen LogP contribution < -0.4 is 5.56 Å². The van der Waals surface area contributed by atoms with Gasteiger partial charge in [0.25, 0.3) is 11.5 Å². The highest BCUT2D eigenvalue weighted by molar-refractivity contribution is 5.84. The van der Waals surface area contributed by atoms with E-state index in [-0.39, 0.29) is 12.1 Å². The summed E-state index contributed by atoms with van der Waals surface area (Å²) < 4.78 is 6.41. The zero-order valence-electron chi connectivity index (χ0n) is 16.6. The second kappa shape index (κ2) is 8.43. The molecule has 2 aromatic rings. The normalized spacial score (nSPS) is 16.6. The Kier molecular flexibility index (Phi) is 5.97. The summed E-state index contributed by atoms with van der Waals surface area (Å²) in [6.45, 7) is 1.13. The number of nitrogens with zero attached hydrogens (tertiary/aromatic N) is 4. The van der Waals surface area contributed by atoms with Gasteiger partial charge in [0.05, 0.1) is 23.3 Å². The number of benzene rings is 1. The van der Waals surface area contributed by atoms with Gasteiger partial charge in [0.1, 0.15) is 12.1 Å². The smallest absolute Gasteiger partial charge is 0.326 e. The molecule has 1 aliphatic carbocycles. The molecule has 3 rings (SSSR count). The first-order valence-electron chi connectivity index (χ1n) is 9.70. The molecule has 1 amide bonds. The number of hydrogen-bond acceptors (Lipinski definition) is 6. The number of carbonyl (C=O) groups is 2. The van der Waals surface area contributed by atoms with E-state index in [4.69, 9.17) is 4.74 Å². The minimum atomic E-state index is -1.05. The molecule has 0 saturated heterocycles. The molecule has 1 aromatic heterocycles. The van der Waals surface area contributed by atoms with E-state index in [0.29, 0.717) is 23.7 Å². The summed E-state index contributed by atoms with van der Waals surface area (Å²) >= 11 is 0. The van der Waals surface area contributed by atoms with E-state index in [9.17, 15) is 19.6 Å². The van der Waals surface area contributed by atoms with E-state index in [1.165, 1.54) is 18.2 Å². The van der Waals surface area contributed by atoms with E-state index in [1.807, 2.05) is 0 Å². The lowest BCUT2D eigenvalue weighted by molar-refractivity contribution is -0.161. The molecule has 0 spiro atoms. The topological polar surface area (TPSA) is 105 Å². The molecule has 0 N–H and O–H groups in total. The van der Waals surface area contributed by atoms with Crippen LogP contribution in [0, 0.1) is 11.3 Å². The molecule has 1 atom stereocenters. The van der Waals surface area contributed by atoms with Gasteiger partial charge in [-0.3, -0.25) is 19.0 Å². The molecule has 152 valence electrons. The fourth-order valence-electron chi connectivity index (χ4n) is 3.79. The largest absolute Gasteiger partial charge is 0.451 e. The Bertz CT molecular complexity index is 1020. The van der Waals surface area contributed by atoms with Crippen molar-refractivity contribution in [2.24, 2.45) is 0 Å². The third kappa shape index (κ3) is 4.14. The summed E-state index contributed by atoms with van der Waals surface area (Å²) in [5.41, 5.74) is -0.661. The quantitative estimate of drug-likeness (QED) is 0.716. The molecule has 0 radical (unpaired) electrons. The van der Waals surface area contributed by atoms with Crippen LogP contribution >= 0.6 is 0 Å². The maximum absolute atomic E-state index is 12.8. The first-order valence-corrected chi connectivity index (χ1v) is 9.70. The molecule has 0 bridgehead atoms. The molecular formula is C21H24N4O4. The Morgan fingerprint density at radius 2 is 2.00 bits per heavy atom. The summed E-state index contributed by atoms with van der Waals surface area (Å²) in [5.74, 6) is -1.14. The van der Waals surface area contributed by atoms with E-state index < -0.39 is 23.5 Å². The van der Waals surface area contributed by atoms with Crippen molar-refractivity contribution < 1.29 is 14.3 Å². The molecule has 1 heterocycles. The Balaban J connectivity index is 1.67. The van der Waals surface area contributed by atoms with Crippen LogP contribution in [0.4, 0.5) is 0 Å². The molecule has 8 heteroatoms. The summed E-state index contributed by atoms with van der Waals surface area (Å²) in [5, 5.41) is 10.0. The van der Waals surface area contributed by atoms with Crippen molar-refractivity contribution >= 4 is 22.8 Å². The van der Waals surface area contributed by atoms with Gasteiger partial charge < -0.3 is 9.64 Å². The van der Waals surface area contributed by atoms with Crippen molar-refractivity contribution in [3.63, 3.8) is 0 Å². The lowest BCUT2D eigenvalue weighted by Gasteiger charge is -2.39. The predicted octanol–water partition coefficient (Wildman–Crippen LogP) is 2.01. The van der Waals surface area contributed by atoms with Crippen LogP contribution in [0.5, 0.6) is 0 Å². The van der Waals surface area contributed by atoms with Crippen LogP contribution in [-0.2, 0) is 20.9 Å². The fourth-order valence-corrected chi connectivity index (χ4v) is 3.79. The highest BCUT2D eigenvalue weighted by atomic mass is 16.5. The summed E-state index contributed by atoms with van der Waals surface area (Å²) in [6.07, 6.45) is 4.29. The van der Waals surface area contributed by atoms with Crippen LogP contribution in [0.2, 0.25) is 0 Å². The second-order valence-corrected chi connectivity index (χ2v) is 7.43. The van der Waals surface area contributed by atoms with Gasteiger partial charge in [-0.2, -0.15) is 5.26 Å². The monoisotopic (exact) mass is 396 g/mol. The minimum Gasteiger partial charge on any atom is -0.451 e. The number of amides is 1. The zero-order chi connectivity index (χ0) is 21.0. The summed E-state index contributed by atoms with van der Waals surface area (Å²) in [7, 11) is 1.58. The van der Waals surface area contributed by atoms with Crippen molar-refractivity contribution in [3.05, 3.63) is 40.9 Å². The summed E-state index contributed by atoms with van der Waals surface area (Å²) in [4.78, 5) is 43.1. The van der Waals surface area contributed by atoms with Crippen LogP contribution in [0.15, 0.2) is 35.4 Å². The van der Waals surface area contributed by atoms with Gasteiger partial charge in [-0.05, 0) is 31.9 Å². The van der Waals surface area contributed by atoms with Gasteiger partial charge >= 0.3 is 5.97 Å². The lowest BCUT2D eigenvalue weighted by Crippen LogP contribution is -2.53. The average molecular weight is 396 g/mol. The molecule has 8 nitrogen and oxygen atoms in total. The van der Waals surface area contributed by atoms with Crippen molar-refractivity contribution in [1.29, 1.82) is 5.26 Å². The molecule has 0 aliphatic heterocycles. The number of ether oxygens (including phenoxy) is 1. The predicted molar refractivity (Wildman–Crippen MR) is 106 cm³/mol. The van der Waals surface area contributed by atoms with Crippen molar-refractivity contribution in [3.8, 4) is 6.07 Å². The number of hydrogen-bond donors (Lipinski definition) is 0. The van der Waals surface area contributed by atoms with E-state index >= 15 is 0 Å². The van der Waals surface area contributed by atoms with E-state index in [2.05, 4.69) is 11.1 Å². The van der Waals surface area contributed by atoms with Gasteiger partial charge in [0, 0.05) is 7.05 Å². The van der Waals surface area contributed by atoms with Crippen LogP contribution in [0.3, 0.4) is 0 Å². The number of para-hydroxylation sites is 1. The van der Waals surface area contributed by atoms with Crippen LogP contribution in [-0.4, -0.2) is 45.0 Å². The first-order chi connectivity index (χ1) is 13.9. The van der Waals surface area contributed by atoms with Crippen molar-refractivity contribution in [1.82, 2.24) is 14.5 Å². The molecular weight excluding hydrogens is 372 g/mol. The third-order valence-corrected chi connectivity index (χ3v) is 5.55. The average Bonchev–Trinajstić information content (AvgIpc) is 2.75. The highest BCUT2D eigenvalue weighted by Gasteiger charge is 2.40. The standard InChI is InChI=1S/C21H24N4O4/c1-15(19(27)24(2)21(13-22)10-6-3-7-11-21)29-18(26)12-25-14-23-17-9-5-4-8-16(17)20(25)28/h4-5,8-9,14-15H,3,6-7,10-12H2,1-2H3/t15-/m1/s1. The van der Waals surface area contributed by atoms with Gasteiger partial charge in [-0.15, -0.1) is 0 Å². The van der Waals surface area contributed by atoms with Gasteiger partial charge in [0.15, 0.2) is 6.10 Å². The summed E-state index contributed by atoms with van der Waals surface area (Å²) in [6, 6.07) is 9.13. The Morgan fingerprint density at radius 3 is 2.69 bits per heavy atom. The minimum absolute atomic E-state index is 0.346. The number of rotatable bonds is 5. The van der Waals surface area contributed by atoms with E-state index in [0.717, 1.165) is 23.8 Å². The number of esters is 1. The SMILES string of the molecule is C[C@@H](OC(=O)Cn1cnc2ccccc2c1=O)C(=O)N(C)C1(C#N)CCCCC1. The number of likely N-dealkylation sites (N-methyl/N-ethyl adjacent to an activating group) is 1. The second-order valence-electron chi connectivity index (χ2n) is 7.43. The van der Waals surface area contributed by atoms with Crippen molar-refractivity contribution in [2.45, 2.75) is 57.2 Å². The maximum Gasteiger partial charge on any atom is 0.326 e. The maximum atomic E-state index is 12.8. The van der Waals surface area contributed by atoms with Crippen LogP contribution in [0.25, 0.3) is 10.9 Å². The molecule has 1 fully saturated rings. The van der Waals surface area contributed by atoms with Crippen molar-refractivity contribution in [2.75, 3.05) is 7.05 Å². The fraction of sp³-hybridized carbons (Fsp3) is 0.476. The molecule has 29 heavy (non-hydrogen) atoms. The van der Waals surface area contributed by atoms with Gasteiger partial charge in [-0.25, -0.2) is 4.98 Å². The van der Waals surface area contributed by atoms with Gasteiger partial charge in [-0.1, -0.05) is 31.4 Å². The molecule has 1 saturated carbocycles. The number of fused-ring (bicyclic) bond motifs is 1. The molecule has 1 aromatic carbocycles. The van der Waals surface area contributed by atoms with Gasteiger partial charge in [0.2, 0.25) is 0 Å². The molecule has 1 aliphatic rings. The van der Waals surface area contributed by atoms with E-state index in [1.54, 1.807) is 31.3 Å². The molecule has 0 unspecified atom stereocenters. The third-order valence-electron chi connectivity index (χ3n) is 5.55. The Labute approximate surface area is 168 Å². The Hall–Kier alpha value is -3.21. The number of aromatic nitrogens is 2. The number of carbonyl (C=O) groups excluding carboxylic acids is 2. The zero-order valence-corrected chi connectivity index (χ0v) is 16.6.